The number of nitrogens with one attached hydrogen (secondary N) is 1. The van der Waals surface area contributed by atoms with Crippen molar-refractivity contribution < 1.29 is 27.9 Å². The van der Waals surface area contributed by atoms with Crippen LogP contribution < -0.4 is 5.32 Å². The Hall–Kier alpha value is -2.05. The van der Waals surface area contributed by atoms with Crippen LogP contribution in [0.15, 0.2) is 12.1 Å². The van der Waals surface area contributed by atoms with Gasteiger partial charge in [0.05, 0.1) is 5.92 Å². The lowest BCUT2D eigenvalue weighted by Crippen LogP contribution is -2.40. The standard InChI is InChI=1S/C12H12F3NO3/c1-5(12(18)19)6(2)16-11(17)7-3-8(13)10(15)9(14)4-7/h3-6H,1-2H3,(H,16,17)(H,18,19). The van der Waals surface area contributed by atoms with Crippen LogP contribution >= 0.6 is 0 Å². The Bertz CT molecular complexity index is 496. The van der Waals surface area contributed by atoms with Crippen LogP contribution in [0, 0.1) is 23.4 Å². The zero-order valence-electron chi connectivity index (χ0n) is 10.2. The summed E-state index contributed by atoms with van der Waals surface area (Å²) < 4.78 is 38.6. The summed E-state index contributed by atoms with van der Waals surface area (Å²) in [4.78, 5) is 22.3. The van der Waals surface area contributed by atoms with E-state index in [-0.39, 0.29) is 0 Å². The topological polar surface area (TPSA) is 66.4 Å². The molecule has 19 heavy (non-hydrogen) atoms. The molecule has 1 aromatic carbocycles. The fourth-order valence-corrected chi connectivity index (χ4v) is 1.32. The Morgan fingerprint density at radius 2 is 1.63 bits per heavy atom. The highest BCUT2D eigenvalue weighted by Crippen LogP contribution is 2.14. The Kier molecular flexibility index (Phi) is 4.52. The average molecular weight is 275 g/mol. The van der Waals surface area contributed by atoms with Crippen molar-refractivity contribution in [3.8, 4) is 0 Å². The van der Waals surface area contributed by atoms with Crippen LogP contribution in [0.1, 0.15) is 24.2 Å². The highest BCUT2D eigenvalue weighted by Gasteiger charge is 2.22. The average Bonchev–Trinajstić information content (AvgIpc) is 2.33. The molecule has 0 saturated heterocycles. The van der Waals surface area contributed by atoms with Gasteiger partial charge in [0, 0.05) is 11.6 Å². The first-order chi connectivity index (χ1) is 8.73. The normalized spacial score (nSPS) is 13.7. The molecular formula is C12H12F3NO3. The van der Waals surface area contributed by atoms with Gasteiger partial charge in [0.25, 0.3) is 5.91 Å². The maximum Gasteiger partial charge on any atom is 0.308 e. The molecule has 0 aliphatic rings. The third kappa shape index (κ3) is 3.46. The molecule has 7 heteroatoms. The van der Waals surface area contributed by atoms with Gasteiger partial charge in [0.2, 0.25) is 0 Å². The van der Waals surface area contributed by atoms with Gasteiger partial charge >= 0.3 is 5.97 Å². The summed E-state index contributed by atoms with van der Waals surface area (Å²) in [6.07, 6.45) is 0. The second-order valence-corrected chi connectivity index (χ2v) is 4.14. The first-order valence-corrected chi connectivity index (χ1v) is 5.42. The summed E-state index contributed by atoms with van der Waals surface area (Å²) in [7, 11) is 0. The van der Waals surface area contributed by atoms with Gasteiger partial charge in [-0.05, 0) is 26.0 Å². The van der Waals surface area contributed by atoms with Crippen LogP contribution in [0.3, 0.4) is 0 Å². The number of hydrogen-bond acceptors (Lipinski definition) is 2. The SMILES string of the molecule is CC(NC(=O)c1cc(F)c(F)c(F)c1)C(C)C(=O)O. The van der Waals surface area contributed by atoms with Crippen LogP contribution in [0.2, 0.25) is 0 Å². The number of amides is 1. The minimum absolute atomic E-state index is 0.416. The van der Waals surface area contributed by atoms with Crippen LogP contribution in [0.5, 0.6) is 0 Å². The van der Waals surface area contributed by atoms with Crippen molar-refractivity contribution in [2.45, 2.75) is 19.9 Å². The molecular weight excluding hydrogens is 263 g/mol. The zero-order chi connectivity index (χ0) is 14.7. The van der Waals surface area contributed by atoms with E-state index in [2.05, 4.69) is 5.32 Å². The second kappa shape index (κ2) is 5.73. The Labute approximate surface area is 107 Å². The van der Waals surface area contributed by atoms with Gasteiger partial charge < -0.3 is 10.4 Å². The predicted octanol–water partition coefficient (Wildman–Crippen LogP) is 1.94. The number of hydrogen-bond donors (Lipinski definition) is 2. The molecule has 4 nitrogen and oxygen atoms in total. The van der Waals surface area contributed by atoms with E-state index in [1.165, 1.54) is 13.8 Å². The highest BCUT2D eigenvalue weighted by atomic mass is 19.2. The van der Waals surface area contributed by atoms with E-state index in [0.29, 0.717) is 12.1 Å². The summed E-state index contributed by atoms with van der Waals surface area (Å²) >= 11 is 0. The van der Waals surface area contributed by atoms with Crippen molar-refractivity contribution in [1.82, 2.24) is 5.32 Å². The third-order valence-corrected chi connectivity index (χ3v) is 2.74. The molecule has 0 aromatic heterocycles. The lowest BCUT2D eigenvalue weighted by Gasteiger charge is -2.17. The van der Waals surface area contributed by atoms with Crippen LogP contribution in [0.25, 0.3) is 0 Å². The molecule has 2 atom stereocenters. The van der Waals surface area contributed by atoms with Crippen molar-refractivity contribution in [1.29, 1.82) is 0 Å². The predicted molar refractivity (Wildman–Crippen MR) is 60.0 cm³/mol. The minimum atomic E-state index is -1.66. The number of rotatable bonds is 4. The van der Waals surface area contributed by atoms with Crippen LogP contribution in [-0.2, 0) is 4.79 Å². The van der Waals surface area contributed by atoms with Crippen molar-refractivity contribution >= 4 is 11.9 Å². The lowest BCUT2D eigenvalue weighted by molar-refractivity contribution is -0.141. The molecule has 0 aliphatic carbocycles. The zero-order valence-corrected chi connectivity index (χ0v) is 10.2. The first kappa shape index (κ1) is 15.0. The summed E-state index contributed by atoms with van der Waals surface area (Å²) in [6.45, 7) is 2.81. The molecule has 0 saturated carbocycles. The number of aliphatic carboxylic acids is 1. The Balaban J connectivity index is 2.87. The molecule has 0 heterocycles. The van der Waals surface area contributed by atoms with E-state index in [1.807, 2.05) is 0 Å². The number of carbonyl (C=O) groups excluding carboxylic acids is 1. The fourth-order valence-electron chi connectivity index (χ4n) is 1.32. The Morgan fingerprint density at radius 3 is 2.05 bits per heavy atom. The summed E-state index contributed by atoms with van der Waals surface area (Å²) in [5.41, 5.74) is -0.416. The quantitative estimate of drug-likeness (QED) is 0.825. The molecule has 2 N–H and O–H groups in total. The molecule has 0 bridgehead atoms. The van der Waals surface area contributed by atoms with Gasteiger partial charge in [0.15, 0.2) is 17.5 Å². The number of halogens is 3. The van der Waals surface area contributed by atoms with E-state index in [9.17, 15) is 22.8 Å². The number of carboxylic acid groups (broad SMARTS) is 1. The first-order valence-electron chi connectivity index (χ1n) is 5.42. The number of carboxylic acids is 1. The highest BCUT2D eigenvalue weighted by molar-refractivity contribution is 5.94. The third-order valence-electron chi connectivity index (χ3n) is 2.74. The molecule has 1 rings (SSSR count). The van der Waals surface area contributed by atoms with Crippen LogP contribution in [0.4, 0.5) is 13.2 Å². The Morgan fingerprint density at radius 1 is 1.16 bits per heavy atom. The van der Waals surface area contributed by atoms with Crippen molar-refractivity contribution in [2.75, 3.05) is 0 Å². The van der Waals surface area contributed by atoms with Gasteiger partial charge in [0.1, 0.15) is 0 Å². The van der Waals surface area contributed by atoms with Crippen molar-refractivity contribution in [3.63, 3.8) is 0 Å². The van der Waals surface area contributed by atoms with E-state index < -0.39 is 46.9 Å². The molecule has 1 amide bonds. The van der Waals surface area contributed by atoms with Crippen molar-refractivity contribution in [2.24, 2.45) is 5.92 Å². The molecule has 2 unspecified atom stereocenters. The monoisotopic (exact) mass is 275 g/mol. The lowest BCUT2D eigenvalue weighted by atomic mass is 10.0. The molecule has 0 spiro atoms. The molecule has 0 radical (unpaired) electrons. The minimum Gasteiger partial charge on any atom is -0.481 e. The van der Waals surface area contributed by atoms with E-state index in [0.717, 1.165) is 0 Å². The number of benzene rings is 1. The van der Waals surface area contributed by atoms with Gasteiger partial charge in [-0.3, -0.25) is 9.59 Å². The van der Waals surface area contributed by atoms with Gasteiger partial charge in [-0.2, -0.15) is 0 Å². The van der Waals surface area contributed by atoms with Crippen LogP contribution in [-0.4, -0.2) is 23.0 Å². The van der Waals surface area contributed by atoms with E-state index in [4.69, 9.17) is 5.11 Å². The largest absolute Gasteiger partial charge is 0.481 e. The molecule has 0 fully saturated rings. The van der Waals surface area contributed by atoms with Gasteiger partial charge in [-0.25, -0.2) is 13.2 Å². The smallest absolute Gasteiger partial charge is 0.308 e. The molecule has 104 valence electrons. The second-order valence-electron chi connectivity index (χ2n) is 4.14. The van der Waals surface area contributed by atoms with E-state index in [1.54, 1.807) is 0 Å². The summed E-state index contributed by atoms with van der Waals surface area (Å²) in [5, 5.41) is 11.0. The number of carbonyl (C=O) groups is 2. The summed E-state index contributed by atoms with van der Waals surface area (Å²) in [5.74, 6) is -7.50. The van der Waals surface area contributed by atoms with Crippen molar-refractivity contribution in [3.05, 3.63) is 35.1 Å². The maximum absolute atomic E-state index is 12.9. The summed E-state index contributed by atoms with van der Waals surface area (Å²) in [6, 6.07) is 0.346. The molecule has 1 aromatic rings. The molecule has 0 aliphatic heterocycles. The van der Waals surface area contributed by atoms with Gasteiger partial charge in [-0.15, -0.1) is 0 Å². The van der Waals surface area contributed by atoms with E-state index >= 15 is 0 Å². The van der Waals surface area contributed by atoms with Gasteiger partial charge in [-0.1, -0.05) is 0 Å². The fraction of sp³-hybridized carbons (Fsp3) is 0.333. The maximum atomic E-state index is 12.9.